The molecule has 200 valence electrons. The minimum atomic E-state index is -0.693. The smallest absolute Gasteiger partial charge is 0.262 e. The highest BCUT2D eigenvalue weighted by Crippen LogP contribution is 2.31. The van der Waals surface area contributed by atoms with Crippen molar-refractivity contribution in [2.75, 3.05) is 18.0 Å². The number of carbonyl (C=O) groups excluding carboxylic acids is 2. The quantitative estimate of drug-likeness (QED) is 0.318. The van der Waals surface area contributed by atoms with Gasteiger partial charge in [0.2, 0.25) is 5.91 Å². The molecular formula is C29H25FN8O2. The van der Waals surface area contributed by atoms with Crippen LogP contribution in [0.2, 0.25) is 0 Å². The molecule has 1 saturated heterocycles. The van der Waals surface area contributed by atoms with Crippen LogP contribution in [0.4, 0.5) is 10.2 Å². The van der Waals surface area contributed by atoms with E-state index in [9.17, 15) is 9.59 Å². The number of nitrogens with one attached hydrogen (secondary N) is 1. The molecule has 0 radical (unpaired) electrons. The average Bonchev–Trinajstić information content (AvgIpc) is 3.41. The minimum absolute atomic E-state index is 0.0877. The normalized spacial score (nSPS) is 15.6. The van der Waals surface area contributed by atoms with Gasteiger partial charge in [-0.25, -0.2) is 14.4 Å². The van der Waals surface area contributed by atoms with Gasteiger partial charge in [0.25, 0.3) is 5.91 Å². The fraction of sp³-hybridized carbons (Fsp3) is 0.172. The van der Waals surface area contributed by atoms with Gasteiger partial charge in [0.15, 0.2) is 5.65 Å². The van der Waals surface area contributed by atoms with Crippen molar-refractivity contribution in [3.8, 4) is 5.69 Å². The number of aromatic nitrogens is 5. The van der Waals surface area contributed by atoms with Crippen LogP contribution < -0.4 is 16.0 Å². The Hall–Kier alpha value is -5.03. The lowest BCUT2D eigenvalue weighted by Gasteiger charge is -2.34. The van der Waals surface area contributed by atoms with Crippen molar-refractivity contribution in [3.05, 3.63) is 90.0 Å². The number of halogens is 1. The zero-order valence-corrected chi connectivity index (χ0v) is 21.4. The van der Waals surface area contributed by atoms with Crippen LogP contribution in [0.1, 0.15) is 28.8 Å². The molecule has 11 heteroatoms. The summed E-state index contributed by atoms with van der Waals surface area (Å²) in [6.45, 7) is 1.38. The van der Waals surface area contributed by atoms with E-state index in [-0.39, 0.29) is 11.6 Å². The number of amides is 2. The summed E-state index contributed by atoms with van der Waals surface area (Å²) in [4.78, 5) is 35.9. The minimum Gasteiger partial charge on any atom is -0.366 e. The molecule has 1 atom stereocenters. The Bertz CT molecular complexity index is 1780. The summed E-state index contributed by atoms with van der Waals surface area (Å²) >= 11 is 0. The van der Waals surface area contributed by atoms with Crippen molar-refractivity contribution < 1.29 is 14.0 Å². The molecule has 0 saturated carbocycles. The van der Waals surface area contributed by atoms with Gasteiger partial charge in [-0.05, 0) is 72.8 Å². The van der Waals surface area contributed by atoms with E-state index < -0.39 is 17.6 Å². The molecule has 3 aromatic heterocycles. The van der Waals surface area contributed by atoms with E-state index in [1.165, 1.54) is 22.9 Å². The Balaban J connectivity index is 1.43. The molecular weight excluding hydrogens is 511 g/mol. The van der Waals surface area contributed by atoms with E-state index >= 15 is 4.39 Å². The largest absolute Gasteiger partial charge is 0.366 e. The van der Waals surface area contributed by atoms with E-state index in [2.05, 4.69) is 25.6 Å². The van der Waals surface area contributed by atoms with E-state index in [1.807, 2.05) is 24.3 Å². The van der Waals surface area contributed by atoms with E-state index in [0.717, 1.165) is 30.3 Å². The standard InChI is InChI=1S/C29H25FN8O2/c30-24-16-20(38-28-25(35-36-38)4-2-13-33-28)8-9-22(24)29(40)37(21-3-1-12-32-17-21)27-23-15-18(6-10-26(31)39)5-7-19(23)11-14-34-27/h2,4-11,13-16,21,32H,1,3,12,17H2,(H2,31,39)/t21-/m1/s1. The maximum Gasteiger partial charge on any atom is 0.262 e. The molecule has 2 aromatic carbocycles. The number of carbonyl (C=O) groups is 2. The molecule has 1 aliphatic rings. The van der Waals surface area contributed by atoms with Crippen molar-refractivity contribution in [1.82, 2.24) is 30.3 Å². The number of nitrogens with zero attached hydrogens (tertiary/aromatic N) is 6. The van der Waals surface area contributed by atoms with Gasteiger partial charge in [-0.3, -0.25) is 14.5 Å². The first-order valence-electron chi connectivity index (χ1n) is 12.9. The Morgan fingerprint density at radius 1 is 1.10 bits per heavy atom. The summed E-state index contributed by atoms with van der Waals surface area (Å²) in [5.41, 5.74) is 7.36. The van der Waals surface area contributed by atoms with Crippen LogP contribution in [0.5, 0.6) is 0 Å². The van der Waals surface area contributed by atoms with Crippen LogP contribution in [0.25, 0.3) is 33.7 Å². The molecule has 4 heterocycles. The molecule has 3 N–H and O–H groups in total. The van der Waals surface area contributed by atoms with Gasteiger partial charge in [-0.1, -0.05) is 17.3 Å². The first kappa shape index (κ1) is 25.3. The highest BCUT2D eigenvalue weighted by atomic mass is 19.1. The third-order valence-corrected chi connectivity index (χ3v) is 6.93. The van der Waals surface area contributed by atoms with Crippen molar-refractivity contribution in [2.24, 2.45) is 5.73 Å². The molecule has 10 nitrogen and oxygen atoms in total. The molecule has 1 aliphatic heterocycles. The van der Waals surface area contributed by atoms with Crippen LogP contribution in [0.15, 0.2) is 73.1 Å². The molecule has 0 unspecified atom stereocenters. The summed E-state index contributed by atoms with van der Waals surface area (Å²) in [7, 11) is 0. The van der Waals surface area contributed by atoms with Gasteiger partial charge in [0.05, 0.1) is 17.3 Å². The molecule has 6 rings (SSSR count). The van der Waals surface area contributed by atoms with E-state index in [0.29, 0.717) is 34.6 Å². The zero-order chi connectivity index (χ0) is 27.6. The zero-order valence-electron chi connectivity index (χ0n) is 21.4. The lowest BCUT2D eigenvalue weighted by atomic mass is 10.0. The van der Waals surface area contributed by atoms with Crippen molar-refractivity contribution in [2.45, 2.75) is 18.9 Å². The monoisotopic (exact) mass is 536 g/mol. The number of nitrogens with two attached hydrogens (primary N) is 1. The second kappa shape index (κ2) is 10.6. The lowest BCUT2D eigenvalue weighted by molar-refractivity contribution is -0.113. The van der Waals surface area contributed by atoms with Crippen LogP contribution in [-0.2, 0) is 4.79 Å². The molecule has 0 spiro atoms. The van der Waals surface area contributed by atoms with Crippen molar-refractivity contribution >= 4 is 45.6 Å². The first-order valence-corrected chi connectivity index (χ1v) is 12.9. The Kier molecular flexibility index (Phi) is 6.71. The predicted molar refractivity (Wildman–Crippen MR) is 149 cm³/mol. The highest BCUT2D eigenvalue weighted by Gasteiger charge is 2.31. The molecule has 2 amide bonds. The number of primary amides is 1. The molecule has 40 heavy (non-hydrogen) atoms. The van der Waals surface area contributed by atoms with Gasteiger partial charge in [-0.15, -0.1) is 5.10 Å². The number of hydrogen-bond acceptors (Lipinski definition) is 7. The Labute approximate surface area is 228 Å². The third-order valence-electron chi connectivity index (χ3n) is 6.93. The summed E-state index contributed by atoms with van der Waals surface area (Å²) in [5.74, 6) is -1.34. The van der Waals surface area contributed by atoms with Crippen molar-refractivity contribution in [1.29, 1.82) is 0 Å². The van der Waals surface area contributed by atoms with Gasteiger partial charge < -0.3 is 11.1 Å². The SMILES string of the molecule is NC(=O)C=Cc1ccc2ccnc(N(C(=O)c3ccc(-n4nnc5cccnc54)cc3F)[C@@H]3CCCNC3)c2c1. The topological polar surface area (TPSA) is 132 Å². The van der Waals surface area contributed by atoms with Crippen LogP contribution in [0.3, 0.4) is 0 Å². The van der Waals surface area contributed by atoms with Gasteiger partial charge in [-0.2, -0.15) is 4.68 Å². The Morgan fingerprint density at radius 3 is 2.80 bits per heavy atom. The second-order valence-electron chi connectivity index (χ2n) is 9.54. The van der Waals surface area contributed by atoms with Crippen LogP contribution in [0, 0.1) is 5.82 Å². The second-order valence-corrected chi connectivity index (χ2v) is 9.54. The highest BCUT2D eigenvalue weighted by molar-refractivity contribution is 6.10. The van der Waals surface area contributed by atoms with Gasteiger partial charge >= 0.3 is 0 Å². The average molecular weight is 537 g/mol. The maximum absolute atomic E-state index is 15.7. The number of hydrogen-bond donors (Lipinski definition) is 2. The maximum atomic E-state index is 15.7. The number of pyridine rings is 2. The number of benzene rings is 2. The molecule has 5 aromatic rings. The van der Waals surface area contributed by atoms with E-state index in [1.54, 1.807) is 41.6 Å². The summed E-state index contributed by atoms with van der Waals surface area (Å²) in [5, 5.41) is 13.1. The fourth-order valence-corrected chi connectivity index (χ4v) is 5.01. The third kappa shape index (κ3) is 4.78. The number of rotatable bonds is 6. The number of anilines is 1. The first-order chi connectivity index (χ1) is 19.5. The summed E-state index contributed by atoms with van der Waals surface area (Å²) < 4.78 is 17.1. The van der Waals surface area contributed by atoms with Crippen LogP contribution in [-0.4, -0.2) is 55.9 Å². The van der Waals surface area contributed by atoms with Crippen molar-refractivity contribution in [3.63, 3.8) is 0 Å². The van der Waals surface area contributed by atoms with E-state index in [4.69, 9.17) is 5.73 Å². The van der Waals surface area contributed by atoms with Gasteiger partial charge in [0, 0.05) is 36.5 Å². The number of fused-ring (bicyclic) bond motifs is 2. The molecule has 0 bridgehead atoms. The lowest BCUT2D eigenvalue weighted by Crippen LogP contribution is -2.49. The predicted octanol–water partition coefficient (Wildman–Crippen LogP) is 3.40. The Morgan fingerprint density at radius 2 is 2.00 bits per heavy atom. The molecule has 0 aliphatic carbocycles. The summed E-state index contributed by atoms with van der Waals surface area (Å²) in [6.07, 6.45) is 7.71. The van der Waals surface area contributed by atoms with Crippen LogP contribution >= 0.6 is 0 Å². The van der Waals surface area contributed by atoms with Gasteiger partial charge in [0.1, 0.15) is 17.2 Å². The fourth-order valence-electron chi connectivity index (χ4n) is 5.01. The molecule has 1 fully saturated rings. The number of piperidine rings is 1. The summed E-state index contributed by atoms with van der Waals surface area (Å²) in [6, 6.07) is 15.0.